The number of hydrogen-bond donors (Lipinski definition) is 1. The molecule has 0 amide bonds. The molecule has 2 nitrogen and oxygen atoms in total. The average molecular weight is 295 g/mol. The van der Waals surface area contributed by atoms with E-state index in [9.17, 15) is 0 Å². The van der Waals surface area contributed by atoms with Crippen molar-refractivity contribution in [2.45, 2.75) is 65.7 Å². The second-order valence-electron chi connectivity index (χ2n) is 8.98. The quantitative estimate of drug-likeness (QED) is 0.729. The Balaban J connectivity index is 1.65. The predicted octanol–water partition coefficient (Wildman–Crippen LogP) is 4.15. The van der Waals surface area contributed by atoms with Crippen LogP contribution in [0, 0.1) is 29.1 Å². The van der Waals surface area contributed by atoms with E-state index < -0.39 is 0 Å². The molecule has 0 aromatic heterocycles. The van der Waals surface area contributed by atoms with Crippen molar-refractivity contribution in [3.63, 3.8) is 0 Å². The van der Waals surface area contributed by atoms with Crippen LogP contribution < -0.4 is 5.73 Å². The van der Waals surface area contributed by atoms with Crippen molar-refractivity contribution in [3.05, 3.63) is 0 Å². The van der Waals surface area contributed by atoms with Gasteiger partial charge in [-0.2, -0.15) is 0 Å². The summed E-state index contributed by atoms with van der Waals surface area (Å²) in [6.45, 7) is 10.6. The summed E-state index contributed by atoms with van der Waals surface area (Å²) in [5.74, 6) is 3.94. The maximum atomic E-state index is 5.79. The van der Waals surface area contributed by atoms with Gasteiger partial charge in [0.05, 0.1) is 0 Å². The van der Waals surface area contributed by atoms with E-state index in [2.05, 4.69) is 32.7 Å². The van der Waals surface area contributed by atoms with Crippen LogP contribution in [0.2, 0.25) is 0 Å². The highest BCUT2D eigenvalue weighted by molar-refractivity contribution is 4.91. The summed E-state index contributed by atoms with van der Waals surface area (Å²) in [5, 5.41) is 0. The second-order valence-corrected chi connectivity index (χ2v) is 8.98. The molecule has 4 unspecified atom stereocenters. The first-order valence-corrected chi connectivity index (χ1v) is 9.28. The highest BCUT2D eigenvalue weighted by Crippen LogP contribution is 2.48. The van der Waals surface area contributed by atoms with Crippen LogP contribution in [0.25, 0.3) is 0 Å². The number of nitrogens with zero attached hydrogens (tertiary/aromatic N) is 1. The molecular formula is C19H38N2. The molecule has 0 heterocycles. The zero-order chi connectivity index (χ0) is 15.5. The van der Waals surface area contributed by atoms with E-state index in [-0.39, 0.29) is 0 Å². The largest absolute Gasteiger partial charge is 0.330 e. The van der Waals surface area contributed by atoms with Gasteiger partial charge in [0.1, 0.15) is 0 Å². The molecule has 0 saturated heterocycles. The normalized spacial score (nSPS) is 30.3. The van der Waals surface area contributed by atoms with E-state index in [4.69, 9.17) is 5.73 Å². The summed E-state index contributed by atoms with van der Waals surface area (Å²) in [6, 6.07) is 0. The summed E-state index contributed by atoms with van der Waals surface area (Å²) in [5.41, 5.74) is 6.20. The molecule has 0 aliphatic heterocycles. The molecule has 0 aromatic rings. The fraction of sp³-hybridized carbons (Fsp3) is 1.00. The SMILES string of the molecule is CN(CCCC(CCN)C(C)(C)C)CC1CC2CCC1C2. The first kappa shape index (κ1) is 17.3. The van der Waals surface area contributed by atoms with Gasteiger partial charge in [-0.15, -0.1) is 0 Å². The molecule has 2 rings (SSSR count). The summed E-state index contributed by atoms with van der Waals surface area (Å²) in [6.07, 6.45) is 9.96. The van der Waals surface area contributed by atoms with Gasteiger partial charge in [-0.3, -0.25) is 0 Å². The Morgan fingerprint density at radius 1 is 1.14 bits per heavy atom. The summed E-state index contributed by atoms with van der Waals surface area (Å²) < 4.78 is 0. The van der Waals surface area contributed by atoms with Crippen molar-refractivity contribution in [1.82, 2.24) is 4.90 Å². The fourth-order valence-electron chi connectivity index (χ4n) is 4.91. The lowest BCUT2D eigenvalue weighted by molar-refractivity contribution is 0.185. The highest BCUT2D eigenvalue weighted by Gasteiger charge is 2.39. The zero-order valence-electron chi connectivity index (χ0n) is 14.9. The van der Waals surface area contributed by atoms with E-state index >= 15 is 0 Å². The number of fused-ring (bicyclic) bond motifs is 2. The van der Waals surface area contributed by atoms with Crippen LogP contribution in [0.1, 0.15) is 65.7 Å². The third kappa shape index (κ3) is 4.96. The Labute approximate surface area is 132 Å². The van der Waals surface area contributed by atoms with Gasteiger partial charge in [-0.1, -0.05) is 27.2 Å². The lowest BCUT2D eigenvalue weighted by atomic mass is 9.76. The van der Waals surface area contributed by atoms with E-state index in [1.165, 1.54) is 51.6 Å². The lowest BCUT2D eigenvalue weighted by Crippen LogP contribution is -2.30. The van der Waals surface area contributed by atoms with Crippen LogP contribution in [0.15, 0.2) is 0 Å². The van der Waals surface area contributed by atoms with Gasteiger partial charge in [0, 0.05) is 6.54 Å². The van der Waals surface area contributed by atoms with Crippen LogP contribution in [-0.2, 0) is 0 Å². The Kier molecular flexibility index (Phi) is 6.14. The van der Waals surface area contributed by atoms with Crippen molar-refractivity contribution in [2.24, 2.45) is 34.8 Å². The molecule has 0 aromatic carbocycles. The molecule has 2 fully saturated rings. The standard InChI is InChI=1S/C19H38N2/c1-19(2,3)18(9-10-20)6-5-11-21(4)14-17-13-15-7-8-16(17)12-15/h15-18H,5-14,20H2,1-4H3. The van der Waals surface area contributed by atoms with Crippen molar-refractivity contribution >= 4 is 0 Å². The molecule has 0 spiro atoms. The molecule has 2 heteroatoms. The van der Waals surface area contributed by atoms with Crippen molar-refractivity contribution in [3.8, 4) is 0 Å². The molecule has 2 aliphatic rings. The van der Waals surface area contributed by atoms with Crippen LogP contribution in [0.5, 0.6) is 0 Å². The molecule has 2 bridgehead atoms. The summed E-state index contributed by atoms with van der Waals surface area (Å²) in [4.78, 5) is 2.60. The Morgan fingerprint density at radius 3 is 2.43 bits per heavy atom. The van der Waals surface area contributed by atoms with Crippen molar-refractivity contribution in [1.29, 1.82) is 0 Å². The summed E-state index contributed by atoms with van der Waals surface area (Å²) >= 11 is 0. The smallest absolute Gasteiger partial charge is 0.000936 e. The second kappa shape index (κ2) is 7.46. The van der Waals surface area contributed by atoms with E-state index in [1.807, 2.05) is 0 Å². The minimum absolute atomic E-state index is 0.405. The van der Waals surface area contributed by atoms with Gasteiger partial charge in [-0.25, -0.2) is 0 Å². The molecule has 2 saturated carbocycles. The van der Waals surface area contributed by atoms with Crippen molar-refractivity contribution in [2.75, 3.05) is 26.7 Å². The minimum Gasteiger partial charge on any atom is -0.330 e. The molecule has 2 aliphatic carbocycles. The average Bonchev–Trinajstić information content (AvgIpc) is 2.98. The van der Waals surface area contributed by atoms with Gasteiger partial charge in [0.25, 0.3) is 0 Å². The number of rotatable bonds is 8. The third-order valence-corrected chi connectivity index (χ3v) is 6.26. The van der Waals surface area contributed by atoms with Gasteiger partial charge in [0.2, 0.25) is 0 Å². The van der Waals surface area contributed by atoms with E-state index in [0.717, 1.165) is 30.2 Å². The monoisotopic (exact) mass is 294 g/mol. The van der Waals surface area contributed by atoms with Gasteiger partial charge in [-0.05, 0) is 87.7 Å². The lowest BCUT2D eigenvalue weighted by Gasteiger charge is -2.32. The fourth-order valence-corrected chi connectivity index (χ4v) is 4.91. The Morgan fingerprint density at radius 2 is 1.90 bits per heavy atom. The van der Waals surface area contributed by atoms with E-state index in [0.29, 0.717) is 5.41 Å². The van der Waals surface area contributed by atoms with Crippen LogP contribution in [0.4, 0.5) is 0 Å². The molecule has 124 valence electrons. The topological polar surface area (TPSA) is 29.3 Å². The van der Waals surface area contributed by atoms with Gasteiger partial charge < -0.3 is 10.6 Å². The van der Waals surface area contributed by atoms with Crippen LogP contribution >= 0.6 is 0 Å². The number of nitrogens with two attached hydrogens (primary N) is 1. The third-order valence-electron chi connectivity index (χ3n) is 6.26. The van der Waals surface area contributed by atoms with Crippen LogP contribution in [0.3, 0.4) is 0 Å². The van der Waals surface area contributed by atoms with Crippen molar-refractivity contribution < 1.29 is 0 Å². The first-order chi connectivity index (χ1) is 9.90. The van der Waals surface area contributed by atoms with Crippen LogP contribution in [-0.4, -0.2) is 31.6 Å². The Hall–Kier alpha value is -0.0800. The maximum absolute atomic E-state index is 5.79. The molecule has 2 N–H and O–H groups in total. The Bertz CT molecular complexity index is 307. The van der Waals surface area contributed by atoms with Gasteiger partial charge >= 0.3 is 0 Å². The molecule has 4 atom stereocenters. The molecule has 21 heavy (non-hydrogen) atoms. The van der Waals surface area contributed by atoms with E-state index in [1.54, 1.807) is 6.42 Å². The molecular weight excluding hydrogens is 256 g/mol. The number of hydrogen-bond acceptors (Lipinski definition) is 2. The predicted molar refractivity (Wildman–Crippen MR) is 92.3 cm³/mol. The molecule has 0 radical (unpaired) electrons. The van der Waals surface area contributed by atoms with Gasteiger partial charge in [0.15, 0.2) is 0 Å². The minimum atomic E-state index is 0.405. The highest BCUT2D eigenvalue weighted by atomic mass is 15.1. The maximum Gasteiger partial charge on any atom is 0.000936 e. The summed E-state index contributed by atoms with van der Waals surface area (Å²) in [7, 11) is 2.33. The zero-order valence-corrected chi connectivity index (χ0v) is 14.9. The first-order valence-electron chi connectivity index (χ1n) is 9.28.